The molecule has 0 saturated carbocycles. The van der Waals surface area contributed by atoms with E-state index in [-0.39, 0.29) is 11.1 Å². The Morgan fingerprint density at radius 3 is 1.39 bits per heavy atom. The van der Waals surface area contributed by atoms with Gasteiger partial charge in [0.25, 0.3) is 0 Å². The summed E-state index contributed by atoms with van der Waals surface area (Å²) in [5, 5.41) is 0. The van der Waals surface area contributed by atoms with Crippen LogP contribution in [-0.2, 0) is 4.74 Å². The standard InChI is InChI=1S/C18H10F4O/c1-3-17(11-5-7-13(19)15(21)9-11)23-18(4-2)12-6-8-14(20)16(22)10-12/h1-2,5-10,17-18H. The summed E-state index contributed by atoms with van der Waals surface area (Å²) < 4.78 is 58.0. The molecule has 0 N–H and O–H groups in total. The van der Waals surface area contributed by atoms with E-state index in [1.165, 1.54) is 12.1 Å². The Balaban J connectivity index is 2.28. The summed E-state index contributed by atoms with van der Waals surface area (Å²) in [5.74, 6) is 0.270. The largest absolute Gasteiger partial charge is 0.340 e. The van der Waals surface area contributed by atoms with Gasteiger partial charge in [0.2, 0.25) is 0 Å². The Morgan fingerprint density at radius 2 is 1.09 bits per heavy atom. The van der Waals surface area contributed by atoms with Crippen LogP contribution in [0.15, 0.2) is 36.4 Å². The van der Waals surface area contributed by atoms with Crippen LogP contribution in [0.1, 0.15) is 23.3 Å². The van der Waals surface area contributed by atoms with Crippen molar-refractivity contribution in [2.24, 2.45) is 0 Å². The molecule has 2 unspecified atom stereocenters. The van der Waals surface area contributed by atoms with E-state index in [1.807, 2.05) is 0 Å². The lowest BCUT2D eigenvalue weighted by atomic mass is 10.1. The second-order valence-electron chi connectivity index (χ2n) is 4.58. The van der Waals surface area contributed by atoms with Gasteiger partial charge in [0, 0.05) is 0 Å². The van der Waals surface area contributed by atoms with Crippen molar-refractivity contribution in [3.05, 3.63) is 70.8 Å². The molecule has 2 aromatic carbocycles. The summed E-state index contributed by atoms with van der Waals surface area (Å²) in [6, 6.07) is 6.09. The van der Waals surface area contributed by atoms with Gasteiger partial charge in [-0.1, -0.05) is 24.0 Å². The second-order valence-corrected chi connectivity index (χ2v) is 4.58. The summed E-state index contributed by atoms with van der Waals surface area (Å²) >= 11 is 0. The van der Waals surface area contributed by atoms with Gasteiger partial charge in [-0.05, 0) is 35.4 Å². The SMILES string of the molecule is C#CC(OC(C#C)c1ccc(F)c(F)c1)c1ccc(F)c(F)c1. The van der Waals surface area contributed by atoms with Crippen LogP contribution in [0.25, 0.3) is 0 Å². The first kappa shape index (κ1) is 16.6. The first-order valence-corrected chi connectivity index (χ1v) is 6.44. The van der Waals surface area contributed by atoms with Gasteiger partial charge < -0.3 is 4.74 Å². The van der Waals surface area contributed by atoms with Crippen molar-refractivity contribution < 1.29 is 22.3 Å². The predicted octanol–water partition coefficient (Wildman–Crippen LogP) is 4.31. The zero-order valence-electron chi connectivity index (χ0n) is 11.7. The molecule has 5 heteroatoms. The first-order chi connectivity index (χ1) is 11.0. The highest BCUT2D eigenvalue weighted by atomic mass is 19.2. The number of terminal acetylenes is 2. The lowest BCUT2D eigenvalue weighted by Crippen LogP contribution is -2.09. The fourth-order valence-electron chi connectivity index (χ4n) is 1.92. The molecule has 2 rings (SSSR count). The van der Waals surface area contributed by atoms with Crippen molar-refractivity contribution in [2.45, 2.75) is 12.2 Å². The van der Waals surface area contributed by atoms with Crippen LogP contribution in [0.3, 0.4) is 0 Å². The molecule has 23 heavy (non-hydrogen) atoms. The molecule has 0 fully saturated rings. The van der Waals surface area contributed by atoms with Gasteiger partial charge in [0.05, 0.1) is 0 Å². The van der Waals surface area contributed by atoms with E-state index in [1.54, 1.807) is 0 Å². The topological polar surface area (TPSA) is 9.23 Å². The van der Waals surface area contributed by atoms with Gasteiger partial charge in [-0.15, -0.1) is 12.8 Å². The summed E-state index contributed by atoms with van der Waals surface area (Å²) in [5.41, 5.74) is 0.350. The number of rotatable bonds is 4. The predicted molar refractivity (Wildman–Crippen MR) is 76.9 cm³/mol. The Hall–Kier alpha value is -2.76. The number of hydrogen-bond donors (Lipinski definition) is 0. The van der Waals surface area contributed by atoms with E-state index in [0.29, 0.717) is 0 Å². The molecular weight excluding hydrogens is 308 g/mol. The maximum absolute atomic E-state index is 13.3. The van der Waals surface area contributed by atoms with Crippen LogP contribution in [0.4, 0.5) is 17.6 Å². The molecule has 0 radical (unpaired) electrons. The number of halogens is 4. The zero-order valence-corrected chi connectivity index (χ0v) is 11.7. The summed E-state index contributed by atoms with van der Waals surface area (Å²) in [6.07, 6.45) is 8.50. The van der Waals surface area contributed by atoms with Crippen molar-refractivity contribution in [2.75, 3.05) is 0 Å². The molecule has 0 aliphatic rings. The van der Waals surface area contributed by atoms with Crippen molar-refractivity contribution in [3.8, 4) is 24.7 Å². The number of ether oxygens (including phenoxy) is 1. The molecule has 0 saturated heterocycles. The Morgan fingerprint density at radius 1 is 0.696 bits per heavy atom. The van der Waals surface area contributed by atoms with E-state index >= 15 is 0 Å². The zero-order chi connectivity index (χ0) is 17.0. The molecule has 0 aromatic heterocycles. The molecule has 0 bridgehead atoms. The van der Waals surface area contributed by atoms with Gasteiger partial charge in [-0.25, -0.2) is 17.6 Å². The van der Waals surface area contributed by atoms with Crippen LogP contribution in [0.2, 0.25) is 0 Å². The molecule has 0 heterocycles. The number of benzene rings is 2. The van der Waals surface area contributed by atoms with Crippen LogP contribution in [0.5, 0.6) is 0 Å². The van der Waals surface area contributed by atoms with Gasteiger partial charge in [0.15, 0.2) is 23.3 Å². The monoisotopic (exact) mass is 318 g/mol. The minimum atomic E-state index is -1.09. The third-order valence-electron chi connectivity index (χ3n) is 3.07. The van der Waals surface area contributed by atoms with Crippen LogP contribution in [-0.4, -0.2) is 0 Å². The first-order valence-electron chi connectivity index (χ1n) is 6.44. The van der Waals surface area contributed by atoms with E-state index in [9.17, 15) is 17.6 Å². The molecule has 2 atom stereocenters. The fraction of sp³-hybridized carbons (Fsp3) is 0.111. The summed E-state index contributed by atoms with van der Waals surface area (Å²) in [7, 11) is 0. The van der Waals surface area contributed by atoms with E-state index in [2.05, 4.69) is 11.8 Å². The Kier molecular flexibility index (Phi) is 5.05. The van der Waals surface area contributed by atoms with Gasteiger partial charge in [-0.2, -0.15) is 0 Å². The van der Waals surface area contributed by atoms with Crippen LogP contribution >= 0.6 is 0 Å². The minimum absolute atomic E-state index is 0.175. The smallest absolute Gasteiger partial charge is 0.159 e. The average Bonchev–Trinajstić information content (AvgIpc) is 2.54. The van der Waals surface area contributed by atoms with Gasteiger partial charge in [0.1, 0.15) is 12.2 Å². The minimum Gasteiger partial charge on any atom is -0.340 e. The molecule has 0 aliphatic heterocycles. The third kappa shape index (κ3) is 3.71. The van der Waals surface area contributed by atoms with Crippen molar-refractivity contribution in [3.63, 3.8) is 0 Å². The molecule has 1 nitrogen and oxygen atoms in total. The van der Waals surface area contributed by atoms with Crippen LogP contribution < -0.4 is 0 Å². The van der Waals surface area contributed by atoms with E-state index in [0.717, 1.165) is 24.3 Å². The molecule has 2 aromatic rings. The van der Waals surface area contributed by atoms with Gasteiger partial charge >= 0.3 is 0 Å². The quantitative estimate of drug-likeness (QED) is 0.603. The maximum Gasteiger partial charge on any atom is 0.159 e. The average molecular weight is 318 g/mol. The van der Waals surface area contributed by atoms with Crippen molar-refractivity contribution >= 4 is 0 Å². The van der Waals surface area contributed by atoms with Gasteiger partial charge in [-0.3, -0.25) is 0 Å². The molecule has 116 valence electrons. The Labute approximate surface area is 130 Å². The van der Waals surface area contributed by atoms with Crippen molar-refractivity contribution in [1.82, 2.24) is 0 Å². The second kappa shape index (κ2) is 7.00. The third-order valence-corrected chi connectivity index (χ3v) is 3.07. The molecular formula is C18H10F4O. The van der Waals surface area contributed by atoms with E-state index < -0.39 is 35.5 Å². The Bertz CT molecular complexity index is 734. The fourth-order valence-corrected chi connectivity index (χ4v) is 1.92. The van der Waals surface area contributed by atoms with Crippen LogP contribution in [0, 0.1) is 48.0 Å². The summed E-state index contributed by atoms with van der Waals surface area (Å²) in [4.78, 5) is 0. The number of hydrogen-bond acceptors (Lipinski definition) is 1. The maximum atomic E-state index is 13.3. The highest BCUT2D eigenvalue weighted by Gasteiger charge is 2.19. The van der Waals surface area contributed by atoms with Crippen molar-refractivity contribution in [1.29, 1.82) is 0 Å². The molecule has 0 aliphatic carbocycles. The normalized spacial score (nSPS) is 13.0. The lowest BCUT2D eigenvalue weighted by Gasteiger charge is -2.18. The highest BCUT2D eigenvalue weighted by Crippen LogP contribution is 2.27. The lowest BCUT2D eigenvalue weighted by molar-refractivity contribution is 0.0511. The summed E-state index contributed by atoms with van der Waals surface area (Å²) in [6.45, 7) is 0. The molecule has 0 spiro atoms. The highest BCUT2D eigenvalue weighted by molar-refractivity contribution is 5.29. The van der Waals surface area contributed by atoms with E-state index in [4.69, 9.17) is 17.6 Å². The molecule has 0 amide bonds.